The molecule has 0 aromatic rings. The van der Waals surface area contributed by atoms with Gasteiger partial charge >= 0.3 is 67.1 Å². The Kier molecular flexibility index (Phi) is 2.11. The van der Waals surface area contributed by atoms with E-state index in [2.05, 4.69) is 25.2 Å². The standard InChI is InChI=1S/C2H2N2S3.Fe/c5-1-3-4-2(6)7-1;/h(H,3,5)(H,4,6);. The first-order valence-electron chi connectivity index (χ1n) is 1.71. The molecule has 1 heterocycles. The fourth-order valence-corrected chi connectivity index (χ4v) is 1.82. The van der Waals surface area contributed by atoms with E-state index in [1.165, 1.54) is 0 Å². The molecule has 0 saturated carbocycles. The molecule has 2 nitrogen and oxygen atoms in total. The molecule has 0 bridgehead atoms. The SMILES string of the molecule is S=C1NNC(=S)[S]1=[Fe]. The van der Waals surface area contributed by atoms with E-state index < -0.39 is 0 Å². The summed E-state index contributed by atoms with van der Waals surface area (Å²) in [5.41, 5.74) is 5.42. The maximum absolute atomic E-state index is 4.81. The van der Waals surface area contributed by atoms with E-state index in [-0.39, 0.29) is 8.82 Å². The third-order valence-corrected chi connectivity index (χ3v) is 4.81. The van der Waals surface area contributed by atoms with Crippen LogP contribution in [0.1, 0.15) is 0 Å². The number of thiocarbonyl (C=S) groups is 2. The molecule has 0 aliphatic carbocycles. The molecule has 0 radical (unpaired) electrons. The van der Waals surface area contributed by atoms with Crippen LogP contribution in [0.25, 0.3) is 0 Å². The maximum atomic E-state index is 4.81. The van der Waals surface area contributed by atoms with E-state index in [4.69, 9.17) is 24.4 Å². The molecule has 1 rings (SSSR count). The van der Waals surface area contributed by atoms with Gasteiger partial charge in [-0.1, -0.05) is 0 Å². The predicted molar refractivity (Wildman–Crippen MR) is 39.1 cm³/mol. The van der Waals surface area contributed by atoms with Gasteiger partial charge in [-0.2, -0.15) is 0 Å². The summed E-state index contributed by atoms with van der Waals surface area (Å²) in [7, 11) is -0.272. The van der Waals surface area contributed by atoms with E-state index in [0.29, 0.717) is 8.64 Å². The van der Waals surface area contributed by atoms with Gasteiger partial charge in [-0.05, 0) is 0 Å². The first-order chi connectivity index (χ1) is 3.72. The van der Waals surface area contributed by atoms with Crippen LogP contribution in [-0.2, 0) is 14.4 Å². The zero-order valence-corrected chi connectivity index (χ0v) is 7.13. The second-order valence-corrected chi connectivity index (χ2v) is 5.07. The van der Waals surface area contributed by atoms with Crippen molar-refractivity contribution < 1.29 is 14.4 Å². The molecule has 1 aliphatic heterocycles. The van der Waals surface area contributed by atoms with Crippen LogP contribution in [0.15, 0.2) is 0 Å². The van der Waals surface area contributed by atoms with E-state index in [9.17, 15) is 0 Å². The average molecular weight is 206 g/mol. The average Bonchev–Trinajstić information content (AvgIpc) is 1.98. The minimum atomic E-state index is -0.272. The molecule has 1 fully saturated rings. The Hall–Kier alpha value is 0.649. The molecule has 0 atom stereocenters. The summed E-state index contributed by atoms with van der Waals surface area (Å²) in [6.45, 7) is 0. The Morgan fingerprint density at radius 2 is 1.62 bits per heavy atom. The number of hydrazine groups is 1. The third-order valence-electron chi connectivity index (χ3n) is 0.583. The van der Waals surface area contributed by atoms with Crippen molar-refractivity contribution in [3.63, 3.8) is 0 Å². The van der Waals surface area contributed by atoms with Gasteiger partial charge in [0.1, 0.15) is 0 Å². The van der Waals surface area contributed by atoms with E-state index in [0.717, 1.165) is 0 Å². The fourth-order valence-electron chi connectivity index (χ4n) is 0.273. The molecule has 6 heteroatoms. The first kappa shape index (κ1) is 6.77. The van der Waals surface area contributed by atoms with Crippen molar-refractivity contribution in [3.8, 4) is 0 Å². The Balaban J connectivity index is 2.86. The Morgan fingerprint density at radius 1 is 1.25 bits per heavy atom. The zero-order chi connectivity index (χ0) is 6.15. The Morgan fingerprint density at radius 3 is 1.75 bits per heavy atom. The molecule has 0 unspecified atom stereocenters. The molecule has 0 aromatic heterocycles. The van der Waals surface area contributed by atoms with Crippen LogP contribution in [0.2, 0.25) is 0 Å². The van der Waals surface area contributed by atoms with Gasteiger partial charge in [0.25, 0.3) is 0 Å². The summed E-state index contributed by atoms with van der Waals surface area (Å²) in [5, 5.41) is 0. The molecule has 0 aromatic carbocycles. The van der Waals surface area contributed by atoms with Gasteiger partial charge in [0, 0.05) is 0 Å². The summed E-state index contributed by atoms with van der Waals surface area (Å²) in [5.74, 6) is 0. The van der Waals surface area contributed by atoms with Crippen molar-refractivity contribution in [2.75, 3.05) is 0 Å². The zero-order valence-electron chi connectivity index (χ0n) is 3.58. The van der Waals surface area contributed by atoms with Gasteiger partial charge in [0.15, 0.2) is 0 Å². The van der Waals surface area contributed by atoms with Gasteiger partial charge in [-0.3, -0.25) is 0 Å². The van der Waals surface area contributed by atoms with Gasteiger partial charge in [0.2, 0.25) is 0 Å². The van der Waals surface area contributed by atoms with Crippen LogP contribution >= 0.6 is 33.3 Å². The number of rotatable bonds is 0. The number of hydrogen-bond donors (Lipinski definition) is 2. The molecule has 1 aliphatic rings. The molecule has 1 saturated heterocycles. The molecular formula is C2H2FeN2S3. The molecule has 8 heavy (non-hydrogen) atoms. The molecule has 0 spiro atoms. The Labute approximate surface area is 67.0 Å². The minimum absolute atomic E-state index is 0.272. The van der Waals surface area contributed by atoms with Crippen molar-refractivity contribution in [1.82, 2.24) is 10.9 Å². The summed E-state index contributed by atoms with van der Waals surface area (Å²) >= 11 is 13.3. The van der Waals surface area contributed by atoms with Crippen molar-refractivity contribution in [2.24, 2.45) is 0 Å². The molecule has 46 valence electrons. The summed E-state index contributed by atoms with van der Waals surface area (Å²) < 4.78 is 1.41. The van der Waals surface area contributed by atoms with Crippen molar-refractivity contribution >= 4 is 41.9 Å². The van der Waals surface area contributed by atoms with Crippen LogP contribution in [-0.4, -0.2) is 8.64 Å². The normalized spacial score (nSPS) is 20.6. The fraction of sp³-hybridized carbons (Fsp3) is 0. The number of hydrogen-bond acceptors (Lipinski definition) is 2. The van der Waals surface area contributed by atoms with Crippen LogP contribution < -0.4 is 10.9 Å². The first-order valence-corrected chi connectivity index (χ1v) is 4.98. The third kappa shape index (κ3) is 1.14. The van der Waals surface area contributed by atoms with E-state index in [1.807, 2.05) is 0 Å². The summed E-state index contributed by atoms with van der Waals surface area (Å²) in [4.78, 5) is 0. The van der Waals surface area contributed by atoms with E-state index >= 15 is 0 Å². The van der Waals surface area contributed by atoms with Gasteiger partial charge < -0.3 is 0 Å². The second kappa shape index (κ2) is 2.49. The van der Waals surface area contributed by atoms with E-state index in [1.54, 1.807) is 0 Å². The van der Waals surface area contributed by atoms with Crippen LogP contribution in [0.5, 0.6) is 0 Å². The monoisotopic (exact) mass is 206 g/mol. The van der Waals surface area contributed by atoms with Gasteiger partial charge in [0.05, 0.1) is 0 Å². The van der Waals surface area contributed by atoms with Crippen molar-refractivity contribution in [3.05, 3.63) is 0 Å². The van der Waals surface area contributed by atoms with Gasteiger partial charge in [-0.15, -0.1) is 0 Å². The quantitative estimate of drug-likeness (QED) is 0.442. The second-order valence-electron chi connectivity index (χ2n) is 1.07. The molecule has 2 N–H and O–H groups in total. The molecular weight excluding hydrogens is 204 g/mol. The predicted octanol–water partition coefficient (Wildman–Crippen LogP) is 0.395. The van der Waals surface area contributed by atoms with Crippen molar-refractivity contribution in [1.29, 1.82) is 0 Å². The van der Waals surface area contributed by atoms with Gasteiger partial charge in [-0.25, -0.2) is 0 Å². The topological polar surface area (TPSA) is 24.1 Å². The summed E-state index contributed by atoms with van der Waals surface area (Å²) in [6.07, 6.45) is 0. The van der Waals surface area contributed by atoms with Crippen molar-refractivity contribution in [2.45, 2.75) is 0 Å². The van der Waals surface area contributed by atoms with Crippen LogP contribution in [0.4, 0.5) is 0 Å². The van der Waals surface area contributed by atoms with Crippen LogP contribution in [0, 0.1) is 0 Å². The van der Waals surface area contributed by atoms with Crippen LogP contribution in [0.3, 0.4) is 0 Å². The molecule has 0 amide bonds. The Bertz CT molecular complexity index is 158. The summed E-state index contributed by atoms with van der Waals surface area (Å²) in [6, 6.07) is 0. The number of nitrogens with one attached hydrogen (secondary N) is 2.